The third-order valence-corrected chi connectivity index (χ3v) is 3.81. The zero-order chi connectivity index (χ0) is 17.1. The van der Waals surface area contributed by atoms with Crippen LogP contribution in [-0.4, -0.2) is 28.0 Å². The maximum absolute atomic E-state index is 12.9. The number of carboxylic acid groups (broad SMARTS) is 1. The minimum absolute atomic E-state index is 0.145. The number of benzene rings is 2. The maximum Gasteiger partial charge on any atom is 0.326 e. The summed E-state index contributed by atoms with van der Waals surface area (Å²) in [6, 6.07) is 11.4. The maximum atomic E-state index is 12.9. The van der Waals surface area contributed by atoms with Crippen molar-refractivity contribution in [3.63, 3.8) is 0 Å². The van der Waals surface area contributed by atoms with Crippen LogP contribution >= 0.6 is 0 Å². The zero-order valence-corrected chi connectivity index (χ0v) is 12.6. The van der Waals surface area contributed by atoms with E-state index in [0.717, 1.165) is 28.6 Å². The molecule has 0 fully saturated rings. The van der Waals surface area contributed by atoms with E-state index in [0.29, 0.717) is 0 Å². The summed E-state index contributed by atoms with van der Waals surface area (Å²) >= 11 is 0. The van der Waals surface area contributed by atoms with Crippen molar-refractivity contribution in [3.8, 4) is 0 Å². The van der Waals surface area contributed by atoms with Gasteiger partial charge in [-0.15, -0.1) is 0 Å². The zero-order valence-electron chi connectivity index (χ0n) is 12.6. The summed E-state index contributed by atoms with van der Waals surface area (Å²) in [5, 5.41) is 12.8. The van der Waals surface area contributed by atoms with Crippen molar-refractivity contribution in [3.05, 3.63) is 71.7 Å². The molecule has 3 rings (SSSR count). The van der Waals surface area contributed by atoms with E-state index in [-0.39, 0.29) is 12.0 Å². The Morgan fingerprint density at radius 2 is 1.83 bits per heavy atom. The molecule has 0 unspecified atom stereocenters. The van der Waals surface area contributed by atoms with E-state index < -0.39 is 23.7 Å². The average molecular weight is 326 g/mol. The van der Waals surface area contributed by atoms with E-state index in [1.165, 1.54) is 12.1 Å². The summed E-state index contributed by atoms with van der Waals surface area (Å²) in [6.07, 6.45) is 1.89. The first-order valence-electron chi connectivity index (χ1n) is 7.39. The van der Waals surface area contributed by atoms with Gasteiger partial charge >= 0.3 is 5.97 Å². The highest BCUT2D eigenvalue weighted by atomic mass is 19.1. The average Bonchev–Trinajstić information content (AvgIpc) is 2.98. The number of H-pyrrole nitrogens is 1. The van der Waals surface area contributed by atoms with Gasteiger partial charge < -0.3 is 15.4 Å². The lowest BCUT2D eigenvalue weighted by molar-refractivity contribution is -0.139. The Hall–Kier alpha value is -3.15. The first kappa shape index (κ1) is 15.7. The highest BCUT2D eigenvalue weighted by molar-refractivity contribution is 5.96. The molecular formula is C18H15FN2O3. The van der Waals surface area contributed by atoms with E-state index in [1.54, 1.807) is 6.20 Å². The number of hydrogen-bond donors (Lipinski definition) is 3. The number of amides is 1. The van der Waals surface area contributed by atoms with E-state index >= 15 is 0 Å². The van der Waals surface area contributed by atoms with Crippen molar-refractivity contribution in [1.82, 2.24) is 10.3 Å². The molecule has 1 aromatic heterocycles. The molecule has 3 aromatic rings. The first-order chi connectivity index (χ1) is 11.5. The number of rotatable bonds is 5. The Morgan fingerprint density at radius 3 is 2.54 bits per heavy atom. The van der Waals surface area contributed by atoms with Crippen LogP contribution in [0.3, 0.4) is 0 Å². The van der Waals surface area contributed by atoms with Crippen molar-refractivity contribution >= 4 is 22.8 Å². The second kappa shape index (κ2) is 6.54. The van der Waals surface area contributed by atoms with Crippen molar-refractivity contribution < 1.29 is 19.1 Å². The Bertz CT molecular complexity index is 887. The van der Waals surface area contributed by atoms with Crippen LogP contribution in [0.4, 0.5) is 4.39 Å². The Balaban J connectivity index is 1.79. The molecule has 6 heteroatoms. The number of aromatic amines is 1. The van der Waals surface area contributed by atoms with Gasteiger partial charge in [-0.05, 0) is 35.9 Å². The summed E-state index contributed by atoms with van der Waals surface area (Å²) in [5.74, 6) is -2.14. The molecule has 1 heterocycles. The summed E-state index contributed by atoms with van der Waals surface area (Å²) in [6.45, 7) is 0. The molecule has 0 bridgehead atoms. The summed E-state index contributed by atoms with van der Waals surface area (Å²) in [5.41, 5.74) is 1.92. The van der Waals surface area contributed by atoms with E-state index in [9.17, 15) is 19.1 Å². The third-order valence-electron chi connectivity index (χ3n) is 3.81. The van der Waals surface area contributed by atoms with Gasteiger partial charge in [0.05, 0.1) is 0 Å². The smallest absolute Gasteiger partial charge is 0.326 e. The Morgan fingerprint density at radius 1 is 1.12 bits per heavy atom. The molecule has 24 heavy (non-hydrogen) atoms. The van der Waals surface area contributed by atoms with Gasteiger partial charge in [0.1, 0.15) is 11.9 Å². The summed E-state index contributed by atoms with van der Waals surface area (Å²) < 4.78 is 12.9. The molecule has 0 aliphatic carbocycles. The van der Waals surface area contributed by atoms with Gasteiger partial charge in [-0.2, -0.15) is 0 Å². The Kier molecular flexibility index (Phi) is 4.29. The molecule has 0 saturated heterocycles. The van der Waals surface area contributed by atoms with Crippen LogP contribution in [-0.2, 0) is 11.2 Å². The van der Waals surface area contributed by atoms with Gasteiger partial charge in [-0.25, -0.2) is 9.18 Å². The van der Waals surface area contributed by atoms with Crippen LogP contribution in [0.5, 0.6) is 0 Å². The molecule has 0 radical (unpaired) electrons. The normalized spacial score (nSPS) is 12.0. The molecule has 0 aliphatic heterocycles. The number of nitrogens with one attached hydrogen (secondary N) is 2. The van der Waals surface area contributed by atoms with Crippen LogP contribution in [0, 0.1) is 5.82 Å². The molecule has 122 valence electrons. The number of fused-ring (bicyclic) bond motifs is 1. The van der Waals surface area contributed by atoms with Crippen LogP contribution in [0.25, 0.3) is 10.9 Å². The van der Waals surface area contributed by atoms with Gasteiger partial charge in [0.15, 0.2) is 0 Å². The first-order valence-corrected chi connectivity index (χ1v) is 7.39. The van der Waals surface area contributed by atoms with E-state index in [1.807, 2.05) is 24.3 Å². The second-order valence-corrected chi connectivity index (χ2v) is 5.43. The van der Waals surface area contributed by atoms with Gasteiger partial charge in [0.25, 0.3) is 5.91 Å². The standard InChI is InChI=1S/C18H15FN2O3/c19-13-7-5-11(6-8-13)17(22)21-16(18(23)24)9-12-10-20-15-4-2-1-3-14(12)15/h1-8,10,16,20H,9H2,(H,21,22)(H,23,24)/t16-/m0/s1. The fourth-order valence-electron chi connectivity index (χ4n) is 2.56. The van der Waals surface area contributed by atoms with Gasteiger partial charge in [0, 0.05) is 29.1 Å². The van der Waals surface area contributed by atoms with Crippen LogP contribution in [0.2, 0.25) is 0 Å². The molecule has 0 spiro atoms. The van der Waals surface area contributed by atoms with Gasteiger partial charge in [-0.1, -0.05) is 18.2 Å². The van der Waals surface area contributed by atoms with Gasteiger partial charge in [-0.3, -0.25) is 4.79 Å². The van der Waals surface area contributed by atoms with Crippen molar-refractivity contribution in [2.45, 2.75) is 12.5 Å². The van der Waals surface area contributed by atoms with Crippen LogP contribution in [0.15, 0.2) is 54.7 Å². The van der Waals surface area contributed by atoms with E-state index in [2.05, 4.69) is 10.3 Å². The number of carbonyl (C=O) groups is 2. The van der Waals surface area contributed by atoms with Crippen molar-refractivity contribution in [1.29, 1.82) is 0 Å². The second-order valence-electron chi connectivity index (χ2n) is 5.43. The fourth-order valence-corrected chi connectivity index (χ4v) is 2.56. The molecule has 0 aliphatic rings. The largest absolute Gasteiger partial charge is 0.480 e. The number of aromatic nitrogens is 1. The van der Waals surface area contributed by atoms with Crippen molar-refractivity contribution in [2.75, 3.05) is 0 Å². The predicted octanol–water partition coefficient (Wildman–Crippen LogP) is 2.73. The number of para-hydroxylation sites is 1. The van der Waals surface area contributed by atoms with E-state index in [4.69, 9.17) is 0 Å². The molecule has 0 saturated carbocycles. The minimum atomic E-state index is -1.13. The number of carbonyl (C=O) groups excluding carboxylic acids is 1. The number of aliphatic carboxylic acids is 1. The van der Waals surface area contributed by atoms with Crippen molar-refractivity contribution in [2.24, 2.45) is 0 Å². The fraction of sp³-hybridized carbons (Fsp3) is 0.111. The monoisotopic (exact) mass is 326 g/mol. The summed E-state index contributed by atoms with van der Waals surface area (Å²) in [7, 11) is 0. The molecule has 2 aromatic carbocycles. The molecule has 5 nitrogen and oxygen atoms in total. The van der Waals surface area contributed by atoms with Crippen LogP contribution in [0.1, 0.15) is 15.9 Å². The molecular weight excluding hydrogens is 311 g/mol. The highest BCUT2D eigenvalue weighted by Crippen LogP contribution is 2.19. The Labute approximate surface area is 137 Å². The lowest BCUT2D eigenvalue weighted by Crippen LogP contribution is -2.42. The lowest BCUT2D eigenvalue weighted by atomic mass is 10.0. The highest BCUT2D eigenvalue weighted by Gasteiger charge is 2.22. The van der Waals surface area contributed by atoms with Crippen LogP contribution < -0.4 is 5.32 Å². The number of halogens is 1. The molecule has 3 N–H and O–H groups in total. The SMILES string of the molecule is O=C(N[C@@H](Cc1c[nH]c2ccccc12)C(=O)O)c1ccc(F)cc1. The number of hydrogen-bond acceptors (Lipinski definition) is 2. The minimum Gasteiger partial charge on any atom is -0.480 e. The van der Waals surface area contributed by atoms with Gasteiger partial charge in [0.2, 0.25) is 0 Å². The summed E-state index contributed by atoms with van der Waals surface area (Å²) in [4.78, 5) is 26.7. The molecule has 1 atom stereocenters. The lowest BCUT2D eigenvalue weighted by Gasteiger charge is -2.14. The third kappa shape index (κ3) is 3.27. The predicted molar refractivity (Wildman–Crippen MR) is 87.3 cm³/mol. The topological polar surface area (TPSA) is 82.2 Å². The molecule has 1 amide bonds. The number of carboxylic acids is 1. The quantitative estimate of drug-likeness (QED) is 0.674.